The molecule has 0 aliphatic rings. The number of hydrogen-bond donors (Lipinski definition) is 2. The van der Waals surface area contributed by atoms with Crippen LogP contribution in [0.1, 0.15) is 15.9 Å². The maximum atomic E-state index is 13.6. The second kappa shape index (κ2) is 5.86. The van der Waals surface area contributed by atoms with Gasteiger partial charge in [0.05, 0.1) is 10.9 Å². The van der Waals surface area contributed by atoms with E-state index in [2.05, 4.69) is 0 Å². The van der Waals surface area contributed by atoms with E-state index >= 15 is 0 Å². The summed E-state index contributed by atoms with van der Waals surface area (Å²) in [4.78, 5) is 23.5. The van der Waals surface area contributed by atoms with Crippen molar-refractivity contribution in [2.75, 3.05) is 0 Å². The Labute approximate surface area is 134 Å². The lowest BCUT2D eigenvalue weighted by atomic mass is 10.1. The summed E-state index contributed by atoms with van der Waals surface area (Å²) in [7, 11) is 0. The molecule has 5 nitrogen and oxygen atoms in total. The first kappa shape index (κ1) is 15.8. The van der Waals surface area contributed by atoms with Gasteiger partial charge in [0, 0.05) is 24.5 Å². The number of carbonyl (C=O) groups is 1. The molecule has 7 heteroatoms. The van der Waals surface area contributed by atoms with E-state index in [4.69, 9.17) is 5.73 Å². The lowest BCUT2D eigenvalue weighted by Gasteiger charge is -2.13. The van der Waals surface area contributed by atoms with Gasteiger partial charge in [0.2, 0.25) is 5.43 Å². The predicted octanol–water partition coefficient (Wildman–Crippen LogP) is 2.43. The number of benzene rings is 2. The molecule has 3 aromatic rings. The molecule has 0 spiro atoms. The molecule has 0 atom stereocenters. The third-order valence-electron chi connectivity index (χ3n) is 3.73. The van der Waals surface area contributed by atoms with Crippen molar-refractivity contribution in [2.24, 2.45) is 5.73 Å². The minimum Gasteiger partial charge on any atom is -0.477 e. The van der Waals surface area contributed by atoms with E-state index in [-0.39, 0.29) is 10.9 Å². The normalized spacial score (nSPS) is 11.0. The van der Waals surface area contributed by atoms with Crippen LogP contribution in [-0.4, -0.2) is 15.6 Å². The van der Waals surface area contributed by atoms with Crippen LogP contribution in [-0.2, 0) is 6.54 Å². The third-order valence-corrected chi connectivity index (χ3v) is 3.73. The van der Waals surface area contributed by atoms with Crippen molar-refractivity contribution in [1.82, 2.24) is 4.57 Å². The lowest BCUT2D eigenvalue weighted by Crippen LogP contribution is -2.18. The fourth-order valence-electron chi connectivity index (χ4n) is 2.48. The van der Waals surface area contributed by atoms with Crippen LogP contribution in [0.3, 0.4) is 0 Å². The number of fused-ring (bicyclic) bond motifs is 1. The van der Waals surface area contributed by atoms with Gasteiger partial charge in [0.15, 0.2) is 11.6 Å². The molecule has 0 radical (unpaired) electrons. The molecular formula is C17H12F2N2O3. The molecule has 0 saturated carbocycles. The number of nitrogens with two attached hydrogens (primary N) is 1. The number of nitrogens with zero attached hydrogens (tertiary/aromatic N) is 1. The zero-order valence-electron chi connectivity index (χ0n) is 12.3. The molecule has 0 saturated heterocycles. The molecule has 0 bridgehead atoms. The minimum atomic E-state index is -1.45. The Morgan fingerprint density at radius 3 is 2.33 bits per heavy atom. The molecule has 0 unspecified atom stereocenters. The highest BCUT2D eigenvalue weighted by Crippen LogP contribution is 2.21. The van der Waals surface area contributed by atoms with E-state index in [9.17, 15) is 23.5 Å². The van der Waals surface area contributed by atoms with E-state index in [1.807, 2.05) is 0 Å². The fraction of sp³-hybridized carbons (Fsp3) is 0.0588. The van der Waals surface area contributed by atoms with Crippen molar-refractivity contribution >= 4 is 16.9 Å². The number of aromatic nitrogens is 1. The number of pyridine rings is 1. The van der Waals surface area contributed by atoms with Gasteiger partial charge in [0.25, 0.3) is 0 Å². The van der Waals surface area contributed by atoms with Crippen LogP contribution < -0.4 is 11.2 Å². The standard InChI is InChI=1S/C17H12F2N2O3/c18-13-5-11-15(6-14(13)19)21(8-12(16(11)22)17(23)24)10-3-1-9(7-20)2-4-10/h1-6,8H,7,20H2,(H,23,24). The largest absolute Gasteiger partial charge is 0.477 e. The average Bonchev–Trinajstić information content (AvgIpc) is 2.57. The lowest BCUT2D eigenvalue weighted by molar-refractivity contribution is 0.0695. The van der Waals surface area contributed by atoms with E-state index in [1.165, 1.54) is 4.57 Å². The van der Waals surface area contributed by atoms with Crippen LogP contribution >= 0.6 is 0 Å². The second-order valence-corrected chi connectivity index (χ2v) is 5.20. The van der Waals surface area contributed by atoms with Gasteiger partial charge in [-0.15, -0.1) is 0 Å². The molecule has 1 aromatic heterocycles. The van der Waals surface area contributed by atoms with E-state index in [0.717, 1.165) is 17.8 Å². The Kier molecular flexibility index (Phi) is 3.86. The third kappa shape index (κ3) is 2.55. The molecule has 24 heavy (non-hydrogen) atoms. The number of hydrogen-bond acceptors (Lipinski definition) is 3. The summed E-state index contributed by atoms with van der Waals surface area (Å²) in [6.45, 7) is 0.325. The summed E-state index contributed by atoms with van der Waals surface area (Å²) < 4.78 is 28.5. The topological polar surface area (TPSA) is 85.3 Å². The van der Waals surface area contributed by atoms with E-state index in [0.29, 0.717) is 18.3 Å². The van der Waals surface area contributed by atoms with Crippen LogP contribution in [0.15, 0.2) is 47.4 Å². The molecule has 3 rings (SSSR count). The smallest absolute Gasteiger partial charge is 0.341 e. The first-order chi connectivity index (χ1) is 11.4. The highest BCUT2D eigenvalue weighted by atomic mass is 19.2. The predicted molar refractivity (Wildman–Crippen MR) is 84.3 cm³/mol. The molecule has 1 heterocycles. The van der Waals surface area contributed by atoms with E-state index in [1.54, 1.807) is 24.3 Å². The van der Waals surface area contributed by atoms with Gasteiger partial charge in [-0.3, -0.25) is 4.79 Å². The Bertz CT molecular complexity index is 1010. The highest BCUT2D eigenvalue weighted by molar-refractivity contribution is 5.93. The van der Waals surface area contributed by atoms with Gasteiger partial charge in [-0.2, -0.15) is 0 Å². The molecule has 0 fully saturated rings. The van der Waals surface area contributed by atoms with Gasteiger partial charge in [-0.25, -0.2) is 13.6 Å². The van der Waals surface area contributed by atoms with Gasteiger partial charge < -0.3 is 15.4 Å². The quantitative estimate of drug-likeness (QED) is 0.772. The van der Waals surface area contributed by atoms with Gasteiger partial charge in [-0.1, -0.05) is 12.1 Å². The number of rotatable bonds is 3. The Morgan fingerprint density at radius 1 is 1.12 bits per heavy atom. The number of carboxylic acid groups (broad SMARTS) is 1. The van der Waals surface area contributed by atoms with E-state index < -0.39 is 28.6 Å². The number of aromatic carboxylic acids is 1. The molecule has 0 aliphatic carbocycles. The van der Waals surface area contributed by atoms with Crippen LogP contribution in [0.5, 0.6) is 0 Å². The molecular weight excluding hydrogens is 318 g/mol. The summed E-state index contributed by atoms with van der Waals surface area (Å²) in [5.41, 5.74) is 5.54. The van der Waals surface area contributed by atoms with Crippen molar-refractivity contribution in [3.05, 3.63) is 75.6 Å². The number of halogens is 2. The zero-order valence-corrected chi connectivity index (χ0v) is 12.3. The Balaban J connectivity index is 2.40. The molecule has 2 aromatic carbocycles. The van der Waals surface area contributed by atoms with Crippen LogP contribution in [0.25, 0.3) is 16.6 Å². The van der Waals surface area contributed by atoms with Gasteiger partial charge in [0.1, 0.15) is 5.56 Å². The van der Waals surface area contributed by atoms with Crippen molar-refractivity contribution < 1.29 is 18.7 Å². The number of carboxylic acids is 1. The van der Waals surface area contributed by atoms with Crippen molar-refractivity contribution in [3.8, 4) is 5.69 Å². The van der Waals surface area contributed by atoms with Crippen LogP contribution in [0.4, 0.5) is 8.78 Å². The second-order valence-electron chi connectivity index (χ2n) is 5.20. The summed E-state index contributed by atoms with van der Waals surface area (Å²) in [6, 6.07) is 8.33. The summed E-state index contributed by atoms with van der Waals surface area (Å²) in [6.07, 6.45) is 1.10. The molecule has 3 N–H and O–H groups in total. The van der Waals surface area contributed by atoms with Crippen LogP contribution in [0, 0.1) is 11.6 Å². The maximum absolute atomic E-state index is 13.6. The zero-order chi connectivity index (χ0) is 17.4. The SMILES string of the molecule is NCc1ccc(-n2cc(C(=O)O)c(=O)c3cc(F)c(F)cc32)cc1. The molecule has 0 amide bonds. The average molecular weight is 330 g/mol. The first-order valence-electron chi connectivity index (χ1n) is 6.99. The summed E-state index contributed by atoms with van der Waals surface area (Å²) in [5, 5.41) is 8.99. The first-order valence-corrected chi connectivity index (χ1v) is 6.99. The maximum Gasteiger partial charge on any atom is 0.341 e. The fourth-order valence-corrected chi connectivity index (χ4v) is 2.48. The Morgan fingerprint density at radius 2 is 1.75 bits per heavy atom. The summed E-state index contributed by atoms with van der Waals surface area (Å²) in [5.74, 6) is -3.79. The van der Waals surface area contributed by atoms with Crippen molar-refractivity contribution in [1.29, 1.82) is 0 Å². The summed E-state index contributed by atoms with van der Waals surface area (Å²) >= 11 is 0. The van der Waals surface area contributed by atoms with Crippen molar-refractivity contribution in [2.45, 2.75) is 6.54 Å². The minimum absolute atomic E-state index is 0.0735. The molecule has 122 valence electrons. The van der Waals surface area contributed by atoms with Crippen LogP contribution in [0.2, 0.25) is 0 Å². The highest BCUT2D eigenvalue weighted by Gasteiger charge is 2.17. The van der Waals surface area contributed by atoms with Gasteiger partial charge >= 0.3 is 5.97 Å². The monoisotopic (exact) mass is 330 g/mol. The Hall–Kier alpha value is -3.06. The molecule has 0 aliphatic heterocycles. The van der Waals surface area contributed by atoms with Gasteiger partial charge in [-0.05, 0) is 23.8 Å². The van der Waals surface area contributed by atoms with Crippen molar-refractivity contribution in [3.63, 3.8) is 0 Å².